The van der Waals surface area contributed by atoms with Crippen LogP contribution in [0.15, 0.2) is 48.9 Å². The number of hydrogen-bond donors (Lipinski definition) is 1. The molecule has 0 unspecified atom stereocenters. The van der Waals surface area contributed by atoms with Gasteiger partial charge in [0.15, 0.2) is 11.6 Å². The van der Waals surface area contributed by atoms with Crippen LogP contribution in [-0.4, -0.2) is 44.0 Å². The molecule has 8 nitrogen and oxygen atoms in total. The van der Waals surface area contributed by atoms with Gasteiger partial charge in [-0.15, -0.1) is 10.2 Å². The van der Waals surface area contributed by atoms with Crippen LogP contribution in [0.4, 0.5) is 11.6 Å². The summed E-state index contributed by atoms with van der Waals surface area (Å²) < 4.78 is 1.67. The summed E-state index contributed by atoms with van der Waals surface area (Å²) in [5.74, 6) is 2.14. The van der Waals surface area contributed by atoms with Gasteiger partial charge in [-0.25, -0.2) is 9.67 Å². The Balaban J connectivity index is 1.34. The van der Waals surface area contributed by atoms with E-state index in [4.69, 9.17) is 0 Å². The summed E-state index contributed by atoms with van der Waals surface area (Å²) >= 11 is 0. The van der Waals surface area contributed by atoms with E-state index < -0.39 is 0 Å². The molecule has 27 heavy (non-hydrogen) atoms. The van der Waals surface area contributed by atoms with Gasteiger partial charge in [0.05, 0.1) is 0 Å². The second-order valence-corrected chi connectivity index (χ2v) is 6.67. The number of hydrogen-bond acceptors (Lipinski definition) is 6. The average molecular weight is 363 g/mol. The van der Waals surface area contributed by atoms with Crippen molar-refractivity contribution >= 4 is 17.5 Å². The van der Waals surface area contributed by atoms with Crippen molar-refractivity contribution in [2.75, 3.05) is 23.3 Å². The van der Waals surface area contributed by atoms with E-state index in [0.717, 1.165) is 37.3 Å². The number of anilines is 2. The van der Waals surface area contributed by atoms with Crippen LogP contribution < -0.4 is 10.2 Å². The molecule has 4 heterocycles. The fourth-order valence-electron chi connectivity index (χ4n) is 3.22. The van der Waals surface area contributed by atoms with Crippen molar-refractivity contribution < 1.29 is 4.79 Å². The standard InChI is InChI=1S/C19H21N7O/c1-14-5-9-20-16(13-14)22-19(27)15-6-11-25(12-7-15)17-3-4-18(24-23-17)26-10-2-8-21-26/h2-5,8-10,13,15H,6-7,11-12H2,1H3,(H,20,22,27). The third-order valence-electron chi connectivity index (χ3n) is 4.73. The van der Waals surface area contributed by atoms with Gasteiger partial charge in [-0.2, -0.15) is 5.10 Å². The Morgan fingerprint density at radius 2 is 1.89 bits per heavy atom. The zero-order valence-corrected chi connectivity index (χ0v) is 15.1. The molecule has 1 amide bonds. The summed E-state index contributed by atoms with van der Waals surface area (Å²) in [4.78, 5) is 18.9. The number of pyridine rings is 1. The van der Waals surface area contributed by atoms with Crippen LogP contribution in [0.1, 0.15) is 18.4 Å². The highest BCUT2D eigenvalue weighted by atomic mass is 16.1. The van der Waals surface area contributed by atoms with Crippen molar-refractivity contribution in [2.45, 2.75) is 19.8 Å². The number of aromatic nitrogens is 5. The number of nitrogens with one attached hydrogen (secondary N) is 1. The van der Waals surface area contributed by atoms with Crippen molar-refractivity contribution in [2.24, 2.45) is 5.92 Å². The van der Waals surface area contributed by atoms with Crippen LogP contribution in [0.5, 0.6) is 0 Å². The minimum atomic E-state index is -0.0140. The van der Waals surface area contributed by atoms with E-state index >= 15 is 0 Å². The molecule has 0 aliphatic carbocycles. The number of carbonyl (C=O) groups is 1. The van der Waals surface area contributed by atoms with Gasteiger partial charge >= 0.3 is 0 Å². The van der Waals surface area contributed by atoms with Crippen LogP contribution >= 0.6 is 0 Å². The lowest BCUT2D eigenvalue weighted by Crippen LogP contribution is -2.38. The van der Waals surface area contributed by atoms with Gasteiger partial charge in [0, 0.05) is 37.6 Å². The first-order valence-electron chi connectivity index (χ1n) is 9.01. The Kier molecular flexibility index (Phi) is 4.78. The van der Waals surface area contributed by atoms with E-state index in [-0.39, 0.29) is 11.8 Å². The zero-order chi connectivity index (χ0) is 18.6. The largest absolute Gasteiger partial charge is 0.355 e. The normalized spacial score (nSPS) is 14.9. The highest BCUT2D eigenvalue weighted by Crippen LogP contribution is 2.23. The van der Waals surface area contributed by atoms with Crippen LogP contribution in [0.3, 0.4) is 0 Å². The number of nitrogens with zero attached hydrogens (tertiary/aromatic N) is 6. The van der Waals surface area contributed by atoms with Gasteiger partial charge in [-0.1, -0.05) is 0 Å². The molecule has 0 spiro atoms. The van der Waals surface area contributed by atoms with Crippen molar-refractivity contribution in [1.29, 1.82) is 0 Å². The van der Waals surface area contributed by atoms with Crippen LogP contribution in [0, 0.1) is 12.8 Å². The van der Waals surface area contributed by atoms with Gasteiger partial charge in [-0.05, 0) is 55.7 Å². The smallest absolute Gasteiger partial charge is 0.228 e. The molecule has 8 heteroatoms. The fraction of sp³-hybridized carbons (Fsp3) is 0.316. The Bertz CT molecular complexity index is 900. The minimum Gasteiger partial charge on any atom is -0.355 e. The van der Waals surface area contributed by atoms with Gasteiger partial charge in [0.1, 0.15) is 5.82 Å². The molecule has 1 saturated heterocycles. The number of piperidine rings is 1. The molecule has 0 radical (unpaired) electrons. The minimum absolute atomic E-state index is 0.0140. The average Bonchev–Trinajstić information content (AvgIpc) is 3.23. The van der Waals surface area contributed by atoms with Crippen molar-refractivity contribution in [3.05, 3.63) is 54.5 Å². The Morgan fingerprint density at radius 3 is 2.56 bits per heavy atom. The molecule has 1 N–H and O–H groups in total. The number of amides is 1. The summed E-state index contributed by atoms with van der Waals surface area (Å²) in [6.45, 7) is 3.53. The summed E-state index contributed by atoms with van der Waals surface area (Å²) in [7, 11) is 0. The maximum absolute atomic E-state index is 12.5. The predicted molar refractivity (Wildman–Crippen MR) is 102 cm³/mol. The van der Waals surface area contributed by atoms with Crippen molar-refractivity contribution in [3.63, 3.8) is 0 Å². The maximum Gasteiger partial charge on any atom is 0.228 e. The molecule has 1 aliphatic heterocycles. The van der Waals surface area contributed by atoms with E-state index in [1.54, 1.807) is 17.1 Å². The summed E-state index contributed by atoms with van der Waals surface area (Å²) in [5, 5.41) is 15.6. The molecule has 0 bridgehead atoms. The molecule has 0 atom stereocenters. The summed E-state index contributed by atoms with van der Waals surface area (Å²) in [6.07, 6.45) is 6.80. The molecule has 1 aliphatic rings. The molecule has 1 fully saturated rings. The lowest BCUT2D eigenvalue weighted by molar-refractivity contribution is -0.120. The maximum atomic E-state index is 12.5. The first-order valence-corrected chi connectivity index (χ1v) is 9.01. The topological polar surface area (TPSA) is 88.8 Å². The molecule has 3 aromatic rings. The molecular formula is C19H21N7O. The Morgan fingerprint density at radius 1 is 1.11 bits per heavy atom. The van der Waals surface area contributed by atoms with Crippen molar-refractivity contribution in [1.82, 2.24) is 25.0 Å². The third-order valence-corrected chi connectivity index (χ3v) is 4.73. The molecule has 4 rings (SSSR count). The Labute approximate surface area is 157 Å². The number of carbonyl (C=O) groups excluding carboxylic acids is 1. The van der Waals surface area contributed by atoms with Gasteiger partial charge in [0.25, 0.3) is 0 Å². The van der Waals surface area contributed by atoms with Crippen LogP contribution in [-0.2, 0) is 4.79 Å². The molecule has 3 aromatic heterocycles. The second-order valence-electron chi connectivity index (χ2n) is 6.67. The predicted octanol–water partition coefficient (Wildman–Crippen LogP) is 2.22. The molecule has 0 saturated carbocycles. The van der Waals surface area contributed by atoms with Crippen molar-refractivity contribution in [3.8, 4) is 5.82 Å². The monoisotopic (exact) mass is 363 g/mol. The SMILES string of the molecule is Cc1ccnc(NC(=O)C2CCN(c3ccc(-n4cccn4)nn3)CC2)c1. The lowest BCUT2D eigenvalue weighted by atomic mass is 9.96. The Hall–Kier alpha value is -3.29. The van der Waals surface area contributed by atoms with Gasteiger partial charge < -0.3 is 10.2 Å². The van der Waals surface area contributed by atoms with Crippen LogP contribution in [0.2, 0.25) is 0 Å². The zero-order valence-electron chi connectivity index (χ0n) is 15.1. The number of rotatable bonds is 4. The highest BCUT2D eigenvalue weighted by Gasteiger charge is 2.26. The van der Waals surface area contributed by atoms with E-state index in [1.165, 1.54) is 0 Å². The van der Waals surface area contributed by atoms with Gasteiger partial charge in [0.2, 0.25) is 5.91 Å². The van der Waals surface area contributed by atoms with E-state index in [1.807, 2.05) is 43.5 Å². The quantitative estimate of drug-likeness (QED) is 0.765. The first-order chi connectivity index (χ1) is 13.2. The fourth-order valence-corrected chi connectivity index (χ4v) is 3.22. The van der Waals surface area contributed by atoms with E-state index in [2.05, 4.69) is 30.5 Å². The van der Waals surface area contributed by atoms with Gasteiger partial charge in [-0.3, -0.25) is 4.79 Å². The second kappa shape index (κ2) is 7.53. The lowest BCUT2D eigenvalue weighted by Gasteiger charge is -2.31. The highest BCUT2D eigenvalue weighted by molar-refractivity contribution is 5.91. The molecule has 138 valence electrons. The number of aryl methyl sites for hydroxylation is 1. The first kappa shape index (κ1) is 17.1. The summed E-state index contributed by atoms with van der Waals surface area (Å²) in [6, 6.07) is 9.48. The van der Waals surface area contributed by atoms with E-state index in [0.29, 0.717) is 11.6 Å². The molecular weight excluding hydrogens is 342 g/mol. The van der Waals surface area contributed by atoms with Crippen LogP contribution in [0.25, 0.3) is 5.82 Å². The molecule has 0 aromatic carbocycles. The third kappa shape index (κ3) is 3.94. The summed E-state index contributed by atoms with van der Waals surface area (Å²) in [5.41, 5.74) is 1.08. The van der Waals surface area contributed by atoms with E-state index in [9.17, 15) is 4.79 Å².